The van der Waals surface area contributed by atoms with Crippen LogP contribution in [0.1, 0.15) is 22.7 Å². The highest BCUT2D eigenvalue weighted by Gasteiger charge is 2.21. The summed E-state index contributed by atoms with van der Waals surface area (Å²) in [5, 5.41) is 17.6. The molecule has 10 heteroatoms. The molecule has 0 spiro atoms. The molecule has 5 rings (SSSR count). The van der Waals surface area contributed by atoms with Crippen LogP contribution in [0.4, 0.5) is 21.5 Å². The quantitative estimate of drug-likeness (QED) is 0.260. The third kappa shape index (κ3) is 4.53. The van der Waals surface area contributed by atoms with Gasteiger partial charge in [-0.15, -0.1) is 0 Å². The Kier molecular flexibility index (Phi) is 6.06. The van der Waals surface area contributed by atoms with Crippen LogP contribution in [-0.4, -0.2) is 9.97 Å². The van der Waals surface area contributed by atoms with E-state index in [4.69, 9.17) is 11.6 Å². The molecule has 0 amide bonds. The van der Waals surface area contributed by atoms with Crippen LogP contribution in [0.15, 0.2) is 73.0 Å². The summed E-state index contributed by atoms with van der Waals surface area (Å²) in [5.41, 5.74) is 13.9. The summed E-state index contributed by atoms with van der Waals surface area (Å²) in [6.07, 6.45) is 6.78. The van der Waals surface area contributed by atoms with Crippen LogP contribution in [0.5, 0.6) is 0 Å². The van der Waals surface area contributed by atoms with Crippen LogP contribution in [0.2, 0.25) is 5.02 Å². The molecule has 4 aromatic rings. The smallest absolute Gasteiger partial charge is 0.126 e. The zero-order valence-corrected chi connectivity index (χ0v) is 19.3. The summed E-state index contributed by atoms with van der Waals surface area (Å²) < 4.78 is 13.8. The van der Waals surface area contributed by atoms with Crippen molar-refractivity contribution in [3.05, 3.63) is 100 Å². The highest BCUT2D eigenvalue weighted by Crippen LogP contribution is 2.36. The number of nitrogens with zero attached hydrogens (tertiary/aromatic N) is 3. The van der Waals surface area contributed by atoms with Gasteiger partial charge in [0.15, 0.2) is 0 Å². The minimum atomic E-state index is -0.301. The van der Waals surface area contributed by atoms with E-state index in [9.17, 15) is 9.65 Å². The van der Waals surface area contributed by atoms with Gasteiger partial charge in [0.25, 0.3) is 0 Å². The Labute approximate surface area is 205 Å². The van der Waals surface area contributed by atoms with Gasteiger partial charge in [0, 0.05) is 41.6 Å². The summed E-state index contributed by atoms with van der Waals surface area (Å²) >= 11 is 6.64. The molecule has 3 heterocycles. The Balaban J connectivity index is 1.60. The molecular weight excluding hydrogens is 467 g/mol. The van der Waals surface area contributed by atoms with Crippen molar-refractivity contribution in [1.29, 1.82) is 5.26 Å². The first kappa shape index (κ1) is 22.4. The molecule has 1 aliphatic rings. The van der Waals surface area contributed by atoms with Crippen LogP contribution >= 0.6 is 11.6 Å². The summed E-state index contributed by atoms with van der Waals surface area (Å²) in [6.45, 7) is 1.68. The second-order valence-electron chi connectivity index (χ2n) is 7.96. The van der Waals surface area contributed by atoms with Crippen LogP contribution in [0.25, 0.3) is 10.9 Å². The van der Waals surface area contributed by atoms with Gasteiger partial charge in [-0.25, -0.2) is 4.39 Å². The van der Waals surface area contributed by atoms with Crippen molar-refractivity contribution in [3.63, 3.8) is 0 Å². The van der Waals surface area contributed by atoms with Crippen molar-refractivity contribution >= 4 is 39.6 Å². The number of benzene rings is 2. The lowest BCUT2D eigenvalue weighted by Gasteiger charge is -2.22. The number of nitrogens with one attached hydrogen (secondary N) is 5. The van der Waals surface area contributed by atoms with E-state index >= 15 is 0 Å². The Morgan fingerprint density at radius 2 is 2.03 bits per heavy atom. The van der Waals surface area contributed by atoms with Crippen molar-refractivity contribution in [2.24, 2.45) is 0 Å². The van der Waals surface area contributed by atoms with Gasteiger partial charge in [-0.05, 0) is 54.4 Å². The average molecular weight is 487 g/mol. The highest BCUT2D eigenvalue weighted by atomic mass is 35.5. The minimum absolute atomic E-state index is 0.275. The number of hydrazine groups is 2. The number of nitriles is 1. The molecule has 0 fully saturated rings. The summed E-state index contributed by atoms with van der Waals surface area (Å²) in [6, 6.07) is 14.1. The first-order valence-electron chi connectivity index (χ1n) is 10.7. The fourth-order valence-corrected chi connectivity index (χ4v) is 4.16. The van der Waals surface area contributed by atoms with Crippen molar-refractivity contribution in [2.45, 2.75) is 13.0 Å². The molecule has 2 aromatic carbocycles. The van der Waals surface area contributed by atoms with Crippen molar-refractivity contribution in [3.8, 4) is 6.07 Å². The van der Waals surface area contributed by atoms with Gasteiger partial charge in [-0.1, -0.05) is 17.7 Å². The van der Waals surface area contributed by atoms with Gasteiger partial charge in [-0.2, -0.15) is 10.8 Å². The van der Waals surface area contributed by atoms with E-state index in [1.807, 2.05) is 24.4 Å². The van der Waals surface area contributed by atoms with E-state index in [1.54, 1.807) is 37.5 Å². The van der Waals surface area contributed by atoms with Crippen LogP contribution < -0.4 is 27.0 Å². The Morgan fingerprint density at radius 3 is 2.74 bits per heavy atom. The van der Waals surface area contributed by atoms with Crippen LogP contribution in [0, 0.1) is 24.1 Å². The number of halogens is 2. The first-order valence-corrected chi connectivity index (χ1v) is 11.1. The minimum Gasteiger partial charge on any atom is -0.373 e. The summed E-state index contributed by atoms with van der Waals surface area (Å²) in [5.74, 6) is -0.301. The third-order valence-corrected chi connectivity index (χ3v) is 5.91. The molecule has 2 aromatic heterocycles. The Bertz CT molecular complexity index is 1480. The molecule has 5 N–H and O–H groups in total. The molecule has 8 nitrogen and oxygen atoms in total. The van der Waals surface area contributed by atoms with E-state index in [0.717, 1.165) is 11.3 Å². The number of hydrogen-bond donors (Lipinski definition) is 5. The maximum atomic E-state index is 13.8. The molecular formula is C25H20ClFN8. The summed E-state index contributed by atoms with van der Waals surface area (Å²) in [4.78, 5) is 8.64. The number of fused-ring (bicyclic) bond motifs is 1. The third-order valence-electron chi connectivity index (χ3n) is 5.62. The van der Waals surface area contributed by atoms with Crippen LogP contribution in [-0.2, 0) is 0 Å². The van der Waals surface area contributed by atoms with Gasteiger partial charge in [0.1, 0.15) is 11.9 Å². The number of aromatic nitrogens is 2. The fourth-order valence-electron chi connectivity index (χ4n) is 3.90. The van der Waals surface area contributed by atoms with Crippen LogP contribution in [0.3, 0.4) is 0 Å². The molecule has 0 saturated heterocycles. The molecule has 0 saturated carbocycles. The lowest BCUT2D eigenvalue weighted by atomic mass is 10.0. The zero-order chi connectivity index (χ0) is 24.4. The van der Waals surface area contributed by atoms with E-state index in [2.05, 4.69) is 43.1 Å². The Morgan fingerprint density at radius 1 is 1.14 bits per heavy atom. The lowest BCUT2D eigenvalue weighted by molar-refractivity contribution is 0.583. The number of anilines is 3. The van der Waals surface area contributed by atoms with Crippen molar-refractivity contribution in [1.82, 2.24) is 26.4 Å². The highest BCUT2D eigenvalue weighted by molar-refractivity contribution is 6.36. The maximum Gasteiger partial charge on any atom is 0.126 e. The van der Waals surface area contributed by atoms with E-state index in [0.29, 0.717) is 44.1 Å². The maximum absolute atomic E-state index is 13.8. The van der Waals surface area contributed by atoms with Gasteiger partial charge >= 0.3 is 0 Å². The van der Waals surface area contributed by atoms with Gasteiger partial charge in [0.2, 0.25) is 0 Å². The molecule has 0 aliphatic carbocycles. The predicted octanol–water partition coefficient (Wildman–Crippen LogP) is 4.95. The zero-order valence-electron chi connectivity index (χ0n) is 18.5. The first-order chi connectivity index (χ1) is 17.0. The fraction of sp³-hybridized carbons (Fsp3) is 0.0800. The monoisotopic (exact) mass is 486 g/mol. The Hall–Kier alpha value is -4.39. The number of rotatable bonds is 6. The van der Waals surface area contributed by atoms with Gasteiger partial charge in [-0.3, -0.25) is 9.97 Å². The van der Waals surface area contributed by atoms with Crippen molar-refractivity contribution in [2.75, 3.05) is 10.6 Å². The number of aryl methyl sites for hydroxylation is 1. The van der Waals surface area contributed by atoms with Gasteiger partial charge in [0.05, 0.1) is 33.5 Å². The molecule has 1 atom stereocenters. The van der Waals surface area contributed by atoms with E-state index in [1.165, 1.54) is 12.3 Å². The van der Waals surface area contributed by atoms with E-state index < -0.39 is 0 Å². The van der Waals surface area contributed by atoms with Crippen molar-refractivity contribution < 1.29 is 4.39 Å². The lowest BCUT2D eigenvalue weighted by Crippen LogP contribution is -2.33. The molecule has 0 bridgehead atoms. The molecule has 0 unspecified atom stereocenters. The standard InChI is InChI=1S/C25H20ClFN8/c1-14-7-17(4-5-21(14)27)32-23-16(10-28)12-30-25-19(23)8-18(9-20(25)26)33-24(22-13-31-35-34-22)15-3-2-6-29-11-15/h2-9,11-13,24,31,33-35H,1H3,(H,30,32)/t24-/m0/s1. The average Bonchev–Trinajstić information content (AvgIpc) is 3.40. The number of pyridine rings is 2. The largest absolute Gasteiger partial charge is 0.373 e. The second-order valence-corrected chi connectivity index (χ2v) is 8.37. The predicted molar refractivity (Wildman–Crippen MR) is 134 cm³/mol. The number of hydrogen-bond acceptors (Lipinski definition) is 8. The van der Waals surface area contributed by atoms with Gasteiger partial charge < -0.3 is 21.5 Å². The normalized spacial score (nSPS) is 13.4. The molecule has 0 radical (unpaired) electrons. The SMILES string of the molecule is Cc1cc(Nc2c(C#N)cnc3c(Cl)cc(N[C@H](C4=CNNN4)c4cccnc4)cc23)ccc1F. The molecule has 1 aliphatic heterocycles. The molecule has 35 heavy (non-hydrogen) atoms. The topological polar surface area (TPSA) is 110 Å². The second kappa shape index (κ2) is 9.46. The molecule has 174 valence electrons. The summed E-state index contributed by atoms with van der Waals surface area (Å²) in [7, 11) is 0. The van der Waals surface area contributed by atoms with E-state index in [-0.39, 0.29) is 11.9 Å².